The Labute approximate surface area is 159 Å². The molecular weight excluding hydrogens is 346 g/mol. The van der Waals surface area contributed by atoms with Crippen LogP contribution in [0.2, 0.25) is 0 Å². The van der Waals surface area contributed by atoms with Crippen molar-refractivity contribution in [1.82, 2.24) is 5.32 Å². The average molecular weight is 372 g/mol. The zero-order valence-corrected chi connectivity index (χ0v) is 16.5. The Bertz CT molecular complexity index is 786. The van der Waals surface area contributed by atoms with Crippen LogP contribution in [0.3, 0.4) is 0 Å². The molecule has 0 aliphatic carbocycles. The van der Waals surface area contributed by atoms with E-state index in [1.54, 1.807) is 18.9 Å². The summed E-state index contributed by atoms with van der Waals surface area (Å²) < 4.78 is 11.4. The topological polar surface area (TPSA) is 47.6 Å². The van der Waals surface area contributed by atoms with Crippen LogP contribution in [-0.4, -0.2) is 24.4 Å². The van der Waals surface area contributed by atoms with Crippen molar-refractivity contribution in [1.29, 1.82) is 0 Å². The minimum atomic E-state index is -0.346. The molecule has 1 unspecified atom stereocenters. The van der Waals surface area contributed by atoms with Crippen LogP contribution in [0.25, 0.3) is 0 Å². The van der Waals surface area contributed by atoms with E-state index in [4.69, 9.17) is 9.47 Å². The molecular formula is C21H25NO3S. The van der Waals surface area contributed by atoms with E-state index in [2.05, 4.69) is 24.4 Å². The number of benzene rings is 2. The van der Waals surface area contributed by atoms with Gasteiger partial charge in [-0.25, -0.2) is 0 Å². The molecule has 4 nitrogen and oxygen atoms in total. The second kappa shape index (κ2) is 7.62. The summed E-state index contributed by atoms with van der Waals surface area (Å²) >= 11 is 1.55. The number of methoxy groups -OCH3 is 1. The van der Waals surface area contributed by atoms with Crippen molar-refractivity contribution in [3.05, 3.63) is 53.6 Å². The molecule has 1 aliphatic heterocycles. The number of nitrogens with one attached hydrogen (secondary N) is 1. The minimum Gasteiger partial charge on any atom is -0.497 e. The van der Waals surface area contributed by atoms with Crippen molar-refractivity contribution in [2.75, 3.05) is 12.9 Å². The van der Waals surface area contributed by atoms with Gasteiger partial charge in [0.05, 0.1) is 18.9 Å². The quantitative estimate of drug-likeness (QED) is 0.786. The first-order chi connectivity index (χ1) is 12.4. The van der Waals surface area contributed by atoms with Gasteiger partial charge in [0.1, 0.15) is 17.1 Å². The lowest BCUT2D eigenvalue weighted by Crippen LogP contribution is -2.41. The highest BCUT2D eigenvalue weighted by atomic mass is 32.2. The number of hydrogen-bond acceptors (Lipinski definition) is 4. The molecule has 2 aromatic rings. The number of hydrogen-bond donors (Lipinski definition) is 1. The Hall–Kier alpha value is -2.14. The molecule has 1 heterocycles. The van der Waals surface area contributed by atoms with Crippen molar-refractivity contribution in [2.45, 2.75) is 43.7 Å². The lowest BCUT2D eigenvalue weighted by Gasteiger charge is -2.38. The summed E-state index contributed by atoms with van der Waals surface area (Å²) in [7, 11) is 1.64. The zero-order valence-electron chi connectivity index (χ0n) is 15.7. The van der Waals surface area contributed by atoms with Gasteiger partial charge in [-0.2, -0.15) is 0 Å². The Morgan fingerprint density at radius 1 is 1.27 bits per heavy atom. The monoisotopic (exact) mass is 371 g/mol. The summed E-state index contributed by atoms with van der Waals surface area (Å²) in [5.41, 5.74) is 1.87. The predicted molar refractivity (Wildman–Crippen MR) is 105 cm³/mol. The van der Waals surface area contributed by atoms with Gasteiger partial charge in [0, 0.05) is 22.9 Å². The molecule has 0 aromatic heterocycles. The van der Waals surface area contributed by atoms with E-state index in [-0.39, 0.29) is 17.6 Å². The highest BCUT2D eigenvalue weighted by molar-refractivity contribution is 8.00. The first-order valence-electron chi connectivity index (χ1n) is 8.72. The first kappa shape index (κ1) is 18.6. The van der Waals surface area contributed by atoms with Crippen LogP contribution in [0.15, 0.2) is 47.4 Å². The van der Waals surface area contributed by atoms with Crippen LogP contribution >= 0.6 is 11.8 Å². The van der Waals surface area contributed by atoms with Gasteiger partial charge >= 0.3 is 0 Å². The van der Waals surface area contributed by atoms with Crippen LogP contribution in [0.1, 0.15) is 37.4 Å². The molecule has 0 saturated carbocycles. The van der Waals surface area contributed by atoms with Gasteiger partial charge in [0.25, 0.3) is 0 Å². The Kier molecular flexibility index (Phi) is 5.47. The predicted octanol–water partition coefficient (Wildman–Crippen LogP) is 4.51. The van der Waals surface area contributed by atoms with Crippen LogP contribution < -0.4 is 14.8 Å². The second-order valence-electron chi connectivity index (χ2n) is 7.19. The van der Waals surface area contributed by atoms with E-state index in [0.29, 0.717) is 5.75 Å². The summed E-state index contributed by atoms with van der Waals surface area (Å²) in [5.74, 6) is 1.95. The maximum atomic E-state index is 12.5. The van der Waals surface area contributed by atoms with Gasteiger partial charge in [-0.05, 0) is 45.0 Å². The van der Waals surface area contributed by atoms with Gasteiger partial charge in [-0.3, -0.25) is 4.79 Å². The van der Waals surface area contributed by atoms with E-state index in [1.807, 2.05) is 44.2 Å². The summed E-state index contributed by atoms with van der Waals surface area (Å²) in [6.45, 7) is 6.13. The number of aryl methyl sites for hydroxylation is 1. The molecule has 26 heavy (non-hydrogen) atoms. The fraction of sp³-hybridized carbons (Fsp3) is 0.381. The number of thioether (sulfide) groups is 1. The number of carbonyl (C=O) groups is 1. The van der Waals surface area contributed by atoms with Gasteiger partial charge < -0.3 is 14.8 Å². The molecule has 5 heteroatoms. The van der Waals surface area contributed by atoms with Gasteiger partial charge in [0.15, 0.2) is 0 Å². The molecule has 1 aliphatic rings. The largest absolute Gasteiger partial charge is 0.497 e. The van der Waals surface area contributed by atoms with E-state index < -0.39 is 0 Å². The maximum absolute atomic E-state index is 12.5. The Balaban J connectivity index is 1.68. The molecule has 0 bridgehead atoms. The average Bonchev–Trinajstić information content (AvgIpc) is 2.59. The van der Waals surface area contributed by atoms with Crippen LogP contribution in [0.5, 0.6) is 11.5 Å². The molecule has 0 fully saturated rings. The van der Waals surface area contributed by atoms with E-state index in [1.165, 1.54) is 5.56 Å². The molecule has 2 aromatic carbocycles. The number of carbonyl (C=O) groups excluding carboxylic acids is 1. The van der Waals surface area contributed by atoms with Crippen molar-refractivity contribution in [3.8, 4) is 11.5 Å². The molecule has 0 radical (unpaired) electrons. The number of amides is 1. The zero-order chi connectivity index (χ0) is 18.7. The normalized spacial score (nSPS) is 17.8. The molecule has 138 valence electrons. The van der Waals surface area contributed by atoms with Gasteiger partial charge in [-0.1, -0.05) is 17.7 Å². The lowest BCUT2D eigenvalue weighted by molar-refractivity contribution is -0.119. The Morgan fingerprint density at radius 2 is 2.00 bits per heavy atom. The number of fused-ring (bicyclic) bond motifs is 1. The van der Waals surface area contributed by atoms with Crippen LogP contribution in [-0.2, 0) is 4.79 Å². The molecule has 0 spiro atoms. The van der Waals surface area contributed by atoms with Crippen molar-refractivity contribution < 1.29 is 14.3 Å². The summed E-state index contributed by atoms with van der Waals surface area (Å²) in [6, 6.07) is 13.9. The highest BCUT2D eigenvalue weighted by Crippen LogP contribution is 2.41. The molecule has 1 N–H and O–H groups in total. The van der Waals surface area contributed by atoms with Gasteiger partial charge in [0.2, 0.25) is 5.91 Å². The molecule has 1 amide bonds. The summed E-state index contributed by atoms with van der Waals surface area (Å²) in [4.78, 5) is 13.6. The van der Waals surface area contributed by atoms with Crippen LogP contribution in [0.4, 0.5) is 0 Å². The SMILES string of the molecule is COc1ccc2c(c1)OC(C)(C)CC2NC(=O)CSc1ccc(C)cc1. The second-order valence-corrected chi connectivity index (χ2v) is 8.24. The fourth-order valence-corrected chi connectivity index (χ4v) is 3.82. The standard InChI is InChI=1S/C21H25NO3S/c1-14-5-8-16(9-6-14)26-13-20(23)22-18-12-21(2,3)25-19-11-15(24-4)7-10-17(18)19/h5-11,18H,12-13H2,1-4H3,(H,22,23). The number of ether oxygens (including phenoxy) is 2. The first-order valence-corrected chi connectivity index (χ1v) is 9.71. The number of rotatable bonds is 5. The third-order valence-electron chi connectivity index (χ3n) is 4.40. The summed E-state index contributed by atoms with van der Waals surface area (Å²) in [6.07, 6.45) is 0.729. The van der Waals surface area contributed by atoms with E-state index in [0.717, 1.165) is 28.4 Å². The summed E-state index contributed by atoms with van der Waals surface area (Å²) in [5, 5.41) is 3.17. The Morgan fingerprint density at radius 3 is 2.69 bits per heavy atom. The highest BCUT2D eigenvalue weighted by Gasteiger charge is 2.34. The van der Waals surface area contributed by atoms with Gasteiger partial charge in [-0.15, -0.1) is 11.8 Å². The van der Waals surface area contributed by atoms with Crippen molar-refractivity contribution in [2.24, 2.45) is 0 Å². The van der Waals surface area contributed by atoms with E-state index >= 15 is 0 Å². The van der Waals surface area contributed by atoms with Crippen LogP contribution in [0, 0.1) is 6.92 Å². The van der Waals surface area contributed by atoms with Crippen molar-refractivity contribution in [3.63, 3.8) is 0 Å². The van der Waals surface area contributed by atoms with E-state index in [9.17, 15) is 4.79 Å². The fourth-order valence-electron chi connectivity index (χ4n) is 3.11. The molecule has 3 rings (SSSR count). The third kappa shape index (κ3) is 4.52. The maximum Gasteiger partial charge on any atom is 0.230 e. The lowest BCUT2D eigenvalue weighted by atomic mass is 9.89. The minimum absolute atomic E-state index is 0.0278. The molecule has 1 atom stereocenters. The molecule has 0 saturated heterocycles. The van der Waals surface area contributed by atoms with Crippen molar-refractivity contribution >= 4 is 17.7 Å². The third-order valence-corrected chi connectivity index (χ3v) is 5.42. The smallest absolute Gasteiger partial charge is 0.230 e.